The van der Waals surface area contributed by atoms with Gasteiger partial charge in [-0.05, 0) is 6.42 Å². The fourth-order valence-electron chi connectivity index (χ4n) is 1.67. The Hall–Kier alpha value is -0.340. The van der Waals surface area contributed by atoms with E-state index in [1.165, 1.54) is 44.9 Å². The highest BCUT2D eigenvalue weighted by molar-refractivity contribution is 4.78. The highest BCUT2D eigenvalue weighted by Crippen LogP contribution is 2.08. The van der Waals surface area contributed by atoms with Gasteiger partial charge in [0.1, 0.15) is 0 Å². The van der Waals surface area contributed by atoms with E-state index in [4.69, 9.17) is 9.84 Å². The molecule has 1 unspecified atom stereocenters. The van der Waals surface area contributed by atoms with Crippen LogP contribution in [0, 0.1) is 0 Å². The zero-order valence-electron chi connectivity index (χ0n) is 10.8. The molecular weight excluding hydrogens is 200 g/mol. The van der Waals surface area contributed by atoms with Crippen molar-refractivity contribution in [2.75, 3.05) is 13.2 Å². The van der Waals surface area contributed by atoms with Crippen molar-refractivity contribution in [3.05, 3.63) is 12.7 Å². The summed E-state index contributed by atoms with van der Waals surface area (Å²) in [5.74, 6) is 0. The standard InChI is InChI=1S/C14H28O2/c1-3-5-6-7-8-9-10-11-12-16-14(4-2)13-15/h4,14-15H,2-3,5-13H2,1H3. The number of aliphatic hydroxyl groups is 1. The predicted octanol–water partition coefficient (Wildman–Crippen LogP) is 3.69. The summed E-state index contributed by atoms with van der Waals surface area (Å²) in [6.45, 7) is 6.63. The molecule has 0 amide bonds. The Labute approximate surface area is 101 Å². The molecule has 0 fully saturated rings. The molecule has 1 N–H and O–H groups in total. The maximum atomic E-state index is 8.85. The van der Waals surface area contributed by atoms with Gasteiger partial charge in [-0.3, -0.25) is 0 Å². The second-order valence-electron chi connectivity index (χ2n) is 4.30. The first kappa shape index (κ1) is 15.7. The first-order chi connectivity index (χ1) is 7.85. The van der Waals surface area contributed by atoms with Crippen molar-refractivity contribution in [3.8, 4) is 0 Å². The Morgan fingerprint density at radius 1 is 1.06 bits per heavy atom. The first-order valence-corrected chi connectivity index (χ1v) is 6.70. The molecule has 0 aliphatic rings. The molecule has 1 atom stereocenters. The van der Waals surface area contributed by atoms with Gasteiger partial charge in [0.05, 0.1) is 12.7 Å². The zero-order valence-corrected chi connectivity index (χ0v) is 10.8. The minimum atomic E-state index is -0.176. The molecular formula is C14H28O2. The summed E-state index contributed by atoms with van der Waals surface area (Å²) in [7, 11) is 0. The van der Waals surface area contributed by atoms with Crippen LogP contribution in [-0.4, -0.2) is 24.4 Å². The number of unbranched alkanes of at least 4 members (excludes halogenated alkanes) is 7. The van der Waals surface area contributed by atoms with Crippen LogP contribution < -0.4 is 0 Å². The second kappa shape index (κ2) is 12.7. The van der Waals surface area contributed by atoms with Crippen molar-refractivity contribution in [1.82, 2.24) is 0 Å². The molecule has 0 radical (unpaired) electrons. The van der Waals surface area contributed by atoms with Gasteiger partial charge in [0.25, 0.3) is 0 Å². The Morgan fingerprint density at radius 2 is 1.62 bits per heavy atom. The second-order valence-corrected chi connectivity index (χ2v) is 4.30. The third-order valence-electron chi connectivity index (χ3n) is 2.77. The van der Waals surface area contributed by atoms with E-state index < -0.39 is 0 Å². The predicted molar refractivity (Wildman–Crippen MR) is 69.6 cm³/mol. The monoisotopic (exact) mass is 228 g/mol. The van der Waals surface area contributed by atoms with Crippen molar-refractivity contribution >= 4 is 0 Å². The average molecular weight is 228 g/mol. The molecule has 0 spiro atoms. The minimum absolute atomic E-state index is 0.0422. The van der Waals surface area contributed by atoms with Gasteiger partial charge in [-0.25, -0.2) is 0 Å². The third kappa shape index (κ3) is 10.2. The highest BCUT2D eigenvalue weighted by Gasteiger charge is 2.00. The molecule has 0 rings (SSSR count). The summed E-state index contributed by atoms with van der Waals surface area (Å²) in [6, 6.07) is 0. The topological polar surface area (TPSA) is 29.5 Å². The lowest BCUT2D eigenvalue weighted by Crippen LogP contribution is -2.14. The molecule has 0 aromatic carbocycles. The van der Waals surface area contributed by atoms with Gasteiger partial charge in [0.2, 0.25) is 0 Å². The van der Waals surface area contributed by atoms with E-state index in [9.17, 15) is 0 Å². The van der Waals surface area contributed by atoms with Gasteiger partial charge in [-0.1, -0.05) is 57.9 Å². The Kier molecular flexibility index (Phi) is 12.5. The molecule has 0 bridgehead atoms. The van der Waals surface area contributed by atoms with E-state index in [0.717, 1.165) is 13.0 Å². The van der Waals surface area contributed by atoms with Crippen molar-refractivity contribution in [1.29, 1.82) is 0 Å². The SMILES string of the molecule is C=CC(CO)OCCCCCCCCCC. The summed E-state index contributed by atoms with van der Waals surface area (Å²) in [4.78, 5) is 0. The van der Waals surface area contributed by atoms with Crippen molar-refractivity contribution in [2.24, 2.45) is 0 Å². The lowest BCUT2D eigenvalue weighted by atomic mass is 10.1. The van der Waals surface area contributed by atoms with Crippen LogP contribution in [0.4, 0.5) is 0 Å². The number of hydrogen-bond acceptors (Lipinski definition) is 2. The van der Waals surface area contributed by atoms with Crippen LogP contribution in [0.3, 0.4) is 0 Å². The number of hydrogen-bond donors (Lipinski definition) is 1. The molecule has 0 saturated carbocycles. The maximum absolute atomic E-state index is 8.85. The van der Waals surface area contributed by atoms with Gasteiger partial charge < -0.3 is 9.84 Å². The molecule has 0 saturated heterocycles. The first-order valence-electron chi connectivity index (χ1n) is 6.70. The fourth-order valence-corrected chi connectivity index (χ4v) is 1.67. The van der Waals surface area contributed by atoms with E-state index >= 15 is 0 Å². The molecule has 2 heteroatoms. The molecule has 0 aromatic heterocycles. The molecule has 16 heavy (non-hydrogen) atoms. The molecule has 0 aromatic rings. The normalized spacial score (nSPS) is 12.6. The Balaban J connectivity index is 3.06. The van der Waals surface area contributed by atoms with Crippen LogP contribution in [-0.2, 0) is 4.74 Å². The largest absolute Gasteiger partial charge is 0.393 e. The van der Waals surface area contributed by atoms with E-state index in [0.29, 0.717) is 0 Å². The van der Waals surface area contributed by atoms with Crippen LogP contribution in [0.2, 0.25) is 0 Å². The molecule has 2 nitrogen and oxygen atoms in total. The fraction of sp³-hybridized carbons (Fsp3) is 0.857. The van der Waals surface area contributed by atoms with Crippen LogP contribution in [0.5, 0.6) is 0 Å². The van der Waals surface area contributed by atoms with Crippen molar-refractivity contribution in [3.63, 3.8) is 0 Å². The summed E-state index contributed by atoms with van der Waals surface area (Å²) in [5.41, 5.74) is 0. The number of aliphatic hydroxyl groups excluding tert-OH is 1. The van der Waals surface area contributed by atoms with E-state index in [2.05, 4.69) is 13.5 Å². The van der Waals surface area contributed by atoms with Gasteiger partial charge in [-0.2, -0.15) is 0 Å². The maximum Gasteiger partial charge on any atom is 0.0983 e. The van der Waals surface area contributed by atoms with E-state index in [-0.39, 0.29) is 12.7 Å². The van der Waals surface area contributed by atoms with Crippen molar-refractivity contribution < 1.29 is 9.84 Å². The molecule has 0 heterocycles. The summed E-state index contributed by atoms with van der Waals surface area (Å²) < 4.78 is 5.42. The third-order valence-corrected chi connectivity index (χ3v) is 2.77. The van der Waals surface area contributed by atoms with Crippen LogP contribution in [0.25, 0.3) is 0 Å². The molecule has 0 aliphatic carbocycles. The zero-order chi connectivity index (χ0) is 12.1. The average Bonchev–Trinajstić information content (AvgIpc) is 2.32. The van der Waals surface area contributed by atoms with Crippen LogP contribution >= 0.6 is 0 Å². The number of rotatable bonds is 12. The lowest BCUT2D eigenvalue weighted by Gasteiger charge is -2.10. The van der Waals surface area contributed by atoms with Crippen molar-refractivity contribution in [2.45, 2.75) is 64.4 Å². The summed E-state index contributed by atoms with van der Waals surface area (Å²) in [6.07, 6.45) is 11.9. The van der Waals surface area contributed by atoms with Gasteiger partial charge in [0, 0.05) is 6.61 Å². The summed E-state index contributed by atoms with van der Waals surface area (Å²) in [5, 5.41) is 8.85. The highest BCUT2D eigenvalue weighted by atomic mass is 16.5. The number of ether oxygens (including phenoxy) is 1. The Morgan fingerprint density at radius 3 is 2.12 bits per heavy atom. The van der Waals surface area contributed by atoms with Gasteiger partial charge in [-0.15, -0.1) is 6.58 Å². The quantitative estimate of drug-likeness (QED) is 0.408. The van der Waals surface area contributed by atoms with Crippen LogP contribution in [0.15, 0.2) is 12.7 Å². The van der Waals surface area contributed by atoms with E-state index in [1.807, 2.05) is 0 Å². The van der Waals surface area contributed by atoms with Gasteiger partial charge in [0.15, 0.2) is 0 Å². The van der Waals surface area contributed by atoms with Gasteiger partial charge >= 0.3 is 0 Å². The molecule has 0 aliphatic heterocycles. The smallest absolute Gasteiger partial charge is 0.0983 e. The molecule has 96 valence electrons. The van der Waals surface area contributed by atoms with Crippen LogP contribution in [0.1, 0.15) is 58.3 Å². The minimum Gasteiger partial charge on any atom is -0.393 e. The summed E-state index contributed by atoms with van der Waals surface area (Å²) >= 11 is 0. The Bertz CT molecular complexity index is 146. The van der Waals surface area contributed by atoms with E-state index in [1.54, 1.807) is 6.08 Å². The lowest BCUT2D eigenvalue weighted by molar-refractivity contribution is 0.0409.